The summed E-state index contributed by atoms with van der Waals surface area (Å²) in [6.07, 6.45) is 2.95. The fraction of sp³-hybridized carbons (Fsp3) is 0.364. The van der Waals surface area contributed by atoms with Gasteiger partial charge >= 0.3 is 5.97 Å². The predicted molar refractivity (Wildman–Crippen MR) is 163 cm³/mol. The molecule has 2 atom stereocenters. The molecule has 2 aromatic heterocycles. The Kier molecular flexibility index (Phi) is 6.82. The van der Waals surface area contributed by atoms with Crippen molar-refractivity contribution in [1.29, 1.82) is 0 Å². The van der Waals surface area contributed by atoms with Gasteiger partial charge in [0, 0.05) is 17.2 Å². The third-order valence-electron chi connectivity index (χ3n) is 8.70. The lowest BCUT2D eigenvalue weighted by molar-refractivity contribution is -0.0593. The predicted octanol–water partition coefficient (Wildman–Crippen LogP) is 6.40. The smallest absolute Gasteiger partial charge is 0.354 e. The quantitative estimate of drug-likeness (QED) is 0.241. The molecule has 11 heteroatoms. The Morgan fingerprint density at radius 3 is 2.75 bits per heavy atom. The number of aromatic carboxylic acids is 1. The maximum absolute atomic E-state index is 15.6. The Morgan fingerprint density at radius 2 is 2.00 bits per heavy atom. The van der Waals surface area contributed by atoms with Crippen molar-refractivity contribution in [2.24, 2.45) is 0 Å². The zero-order valence-electron chi connectivity index (χ0n) is 26.7. The number of aromatic nitrogens is 3. The summed E-state index contributed by atoms with van der Waals surface area (Å²) in [5.74, 6) is -0.206. The number of likely N-dealkylation sites (tertiary alicyclic amines) is 1. The van der Waals surface area contributed by atoms with Crippen LogP contribution < -0.4 is 9.47 Å². The van der Waals surface area contributed by atoms with Crippen molar-refractivity contribution in [2.75, 3.05) is 26.7 Å². The maximum Gasteiger partial charge on any atom is 0.354 e. The first-order chi connectivity index (χ1) is 22.5. The van der Waals surface area contributed by atoms with Gasteiger partial charge in [0.1, 0.15) is 34.8 Å². The molecule has 0 spiro atoms. The number of hydrogen-bond donors (Lipinski definition) is 1. The number of para-hydroxylation sites is 1. The van der Waals surface area contributed by atoms with Crippen LogP contribution in [0.15, 0.2) is 54.6 Å². The highest BCUT2D eigenvalue weighted by molar-refractivity contribution is 6.30. The van der Waals surface area contributed by atoms with E-state index in [-0.39, 0.29) is 28.5 Å². The van der Waals surface area contributed by atoms with E-state index in [1.165, 1.54) is 18.2 Å². The van der Waals surface area contributed by atoms with Crippen LogP contribution in [0.1, 0.15) is 68.4 Å². The molecule has 7 rings (SSSR count). The molecule has 1 N–H and O–H groups in total. The molecule has 228 valence electrons. The molecular formula is C33H32ClFN4O5. The number of carbonyl (C=O) groups is 1. The molecule has 0 aliphatic carbocycles. The molecule has 1 unspecified atom stereocenters. The van der Waals surface area contributed by atoms with E-state index in [1.54, 1.807) is 24.3 Å². The largest absolute Gasteiger partial charge is 0.496 e. The Morgan fingerprint density at radius 1 is 1.16 bits per heavy atom. The van der Waals surface area contributed by atoms with Crippen molar-refractivity contribution in [3.8, 4) is 11.5 Å². The van der Waals surface area contributed by atoms with E-state index >= 15 is 4.39 Å². The van der Waals surface area contributed by atoms with Crippen LogP contribution in [0.5, 0.6) is 11.5 Å². The first kappa shape index (κ1) is 25.3. The zero-order valence-corrected chi connectivity index (χ0v) is 24.5. The van der Waals surface area contributed by atoms with Crippen LogP contribution in [-0.4, -0.2) is 63.3 Å². The second kappa shape index (κ2) is 11.8. The van der Waals surface area contributed by atoms with E-state index in [0.29, 0.717) is 47.7 Å². The lowest BCUT2D eigenvalue weighted by Crippen LogP contribution is -2.35. The number of methoxy groups -OCH3 is 1. The molecule has 3 aliphatic rings. The summed E-state index contributed by atoms with van der Waals surface area (Å²) >= 11 is 6.13. The number of fused-ring (bicyclic) bond motifs is 2. The number of hydrogen-bond acceptors (Lipinski definition) is 7. The Bertz CT molecular complexity index is 1870. The number of imidazole rings is 1. The van der Waals surface area contributed by atoms with Crippen LogP contribution >= 0.6 is 11.6 Å². The topological polar surface area (TPSA) is 98.9 Å². The summed E-state index contributed by atoms with van der Waals surface area (Å²) in [6, 6.07) is 13.2. The molecular weight excluding hydrogens is 587 g/mol. The van der Waals surface area contributed by atoms with E-state index in [9.17, 15) is 9.90 Å². The number of benzene rings is 2. The minimum Gasteiger partial charge on any atom is -0.496 e. The van der Waals surface area contributed by atoms with E-state index in [4.69, 9.17) is 34.9 Å². The van der Waals surface area contributed by atoms with E-state index < -0.39 is 24.9 Å². The van der Waals surface area contributed by atoms with E-state index in [0.717, 1.165) is 43.7 Å². The fourth-order valence-corrected chi connectivity index (χ4v) is 6.44. The molecule has 44 heavy (non-hydrogen) atoms. The normalized spacial score (nSPS) is 21.8. The van der Waals surface area contributed by atoms with Gasteiger partial charge < -0.3 is 23.9 Å². The lowest BCUT2D eigenvalue weighted by atomic mass is 9.86. The molecule has 0 bridgehead atoms. The number of carboxylic acids is 1. The summed E-state index contributed by atoms with van der Waals surface area (Å²) in [7, 11) is -2.72. The molecule has 0 saturated carbocycles. The highest BCUT2D eigenvalue weighted by Gasteiger charge is 2.31. The average molecular weight is 622 g/mol. The Labute approximate surface area is 263 Å². The van der Waals surface area contributed by atoms with Crippen LogP contribution in [0.4, 0.5) is 4.39 Å². The van der Waals surface area contributed by atoms with Crippen molar-refractivity contribution in [3.05, 3.63) is 87.8 Å². The molecule has 3 aliphatic heterocycles. The summed E-state index contributed by atoms with van der Waals surface area (Å²) < 4.78 is 57.5. The molecule has 2 fully saturated rings. The number of nitrogens with zero attached hydrogens (tertiary/aromatic N) is 4. The van der Waals surface area contributed by atoms with Crippen LogP contribution in [0.3, 0.4) is 0 Å². The number of rotatable bonds is 8. The minimum atomic E-state index is -2.72. The van der Waals surface area contributed by atoms with Gasteiger partial charge in [-0.25, -0.2) is 19.2 Å². The average Bonchev–Trinajstić information content (AvgIpc) is 3.34. The van der Waals surface area contributed by atoms with Crippen LogP contribution in [0.2, 0.25) is 5.02 Å². The van der Waals surface area contributed by atoms with Gasteiger partial charge in [-0.05, 0) is 86.3 Å². The number of ether oxygens (including phenoxy) is 3. The van der Waals surface area contributed by atoms with Crippen molar-refractivity contribution in [2.45, 2.75) is 50.5 Å². The van der Waals surface area contributed by atoms with Crippen molar-refractivity contribution in [3.63, 3.8) is 0 Å². The Balaban J connectivity index is 1.10. The molecule has 2 saturated heterocycles. The first-order valence-corrected chi connectivity index (χ1v) is 15.0. The fourth-order valence-electron chi connectivity index (χ4n) is 6.28. The van der Waals surface area contributed by atoms with Gasteiger partial charge in [-0.1, -0.05) is 23.7 Å². The molecule has 0 radical (unpaired) electrons. The van der Waals surface area contributed by atoms with E-state index in [1.807, 2.05) is 16.7 Å². The summed E-state index contributed by atoms with van der Waals surface area (Å²) in [5.41, 5.74) is 2.76. The van der Waals surface area contributed by atoms with Gasteiger partial charge in [-0.2, -0.15) is 0 Å². The standard InChI is InChI=1S/C33H32ClFN4O5/c1-42-28-15-20(34)5-6-24(28)29-16-25(35)23-4-2-3-22(31(23)44-29)19-9-12-38(13-10-19)18-30-36-26-7-8-27(33(40)41)37-32(26)39(30)17-21-11-14-43-21/h2-8,15-16,19,21,29H,9-14,17-18H2,1H3,(H,40,41)/t21-,29?/m0/s1/i1D3. The first-order valence-electron chi connectivity index (χ1n) is 16.1. The van der Waals surface area contributed by atoms with Gasteiger partial charge in [0.05, 0.1) is 35.9 Å². The Hall–Kier alpha value is -3.99. The van der Waals surface area contributed by atoms with Gasteiger partial charge in [-0.15, -0.1) is 0 Å². The third kappa shape index (κ3) is 5.42. The molecule has 2 aromatic carbocycles. The number of halogens is 2. The monoisotopic (exact) mass is 621 g/mol. The SMILES string of the molecule is [2H]C([2H])([2H])Oc1cc(Cl)ccc1C1C=C(F)c2cccc(C3CCN(Cc4nc5ccc(C(=O)O)nc5n4C[C@@H]4CCO4)CC3)c2O1. The highest BCUT2D eigenvalue weighted by atomic mass is 35.5. The number of piperidine rings is 1. The minimum absolute atomic E-state index is 0.00469. The zero-order chi connectivity index (χ0) is 32.9. The van der Waals surface area contributed by atoms with Crippen LogP contribution in [0.25, 0.3) is 17.0 Å². The van der Waals surface area contributed by atoms with Crippen LogP contribution in [0, 0.1) is 0 Å². The van der Waals surface area contributed by atoms with Crippen LogP contribution in [-0.2, 0) is 17.8 Å². The number of carboxylic acid groups (broad SMARTS) is 1. The molecule has 5 heterocycles. The van der Waals surface area contributed by atoms with Gasteiger partial charge in [0.25, 0.3) is 0 Å². The summed E-state index contributed by atoms with van der Waals surface area (Å²) in [5, 5.41) is 9.78. The molecule has 9 nitrogen and oxygen atoms in total. The lowest BCUT2D eigenvalue weighted by Gasteiger charge is -2.34. The highest BCUT2D eigenvalue weighted by Crippen LogP contribution is 2.46. The number of pyridine rings is 1. The maximum atomic E-state index is 15.6. The van der Waals surface area contributed by atoms with Crippen molar-refractivity contribution in [1.82, 2.24) is 19.4 Å². The third-order valence-corrected chi connectivity index (χ3v) is 8.93. The van der Waals surface area contributed by atoms with Gasteiger partial charge in [0.2, 0.25) is 0 Å². The molecule has 4 aromatic rings. The van der Waals surface area contributed by atoms with Crippen molar-refractivity contribution >= 4 is 34.6 Å². The molecule has 0 amide bonds. The summed E-state index contributed by atoms with van der Waals surface area (Å²) in [4.78, 5) is 23.1. The second-order valence-corrected chi connectivity index (χ2v) is 11.8. The van der Waals surface area contributed by atoms with Gasteiger partial charge in [-0.3, -0.25) is 4.90 Å². The van der Waals surface area contributed by atoms with Crippen molar-refractivity contribution < 1.29 is 32.6 Å². The second-order valence-electron chi connectivity index (χ2n) is 11.4. The van der Waals surface area contributed by atoms with Gasteiger partial charge in [0.15, 0.2) is 11.3 Å². The summed E-state index contributed by atoms with van der Waals surface area (Å²) in [6.45, 7) is 3.32. The van der Waals surface area contributed by atoms with E-state index in [2.05, 4.69) is 9.88 Å².